The van der Waals surface area contributed by atoms with Gasteiger partial charge in [-0.05, 0) is 13.0 Å². The third-order valence-electron chi connectivity index (χ3n) is 4.18. The van der Waals surface area contributed by atoms with E-state index in [-0.39, 0.29) is 11.5 Å². The minimum atomic E-state index is -0.498. The number of nitriles is 1. The summed E-state index contributed by atoms with van der Waals surface area (Å²) in [5.74, 6) is 1.28. The van der Waals surface area contributed by atoms with E-state index in [2.05, 4.69) is 16.3 Å². The minimum absolute atomic E-state index is 0.0170. The molecule has 2 aromatic rings. The Bertz CT molecular complexity index is 895. The molecule has 3 N–H and O–H groups in total. The third-order valence-corrected chi connectivity index (χ3v) is 4.18. The fraction of sp³-hybridized carbons (Fsp3) is 0.294. The highest BCUT2D eigenvalue weighted by Gasteiger charge is 2.37. The van der Waals surface area contributed by atoms with Crippen molar-refractivity contribution in [1.82, 2.24) is 10.2 Å². The molecular formula is C17H18N4O4. The molecule has 1 aliphatic rings. The van der Waals surface area contributed by atoms with E-state index in [0.717, 1.165) is 11.3 Å². The number of aryl methyl sites for hydroxylation is 1. The molecule has 1 aromatic heterocycles. The maximum absolute atomic E-state index is 9.64. The van der Waals surface area contributed by atoms with Gasteiger partial charge in [-0.25, -0.2) is 0 Å². The molecule has 0 bridgehead atoms. The average Bonchev–Trinajstić information content (AvgIpc) is 2.99. The second-order valence-corrected chi connectivity index (χ2v) is 5.42. The molecule has 0 saturated heterocycles. The predicted molar refractivity (Wildman–Crippen MR) is 88.7 cm³/mol. The molecule has 2 heterocycles. The highest BCUT2D eigenvalue weighted by molar-refractivity contribution is 5.64. The first-order valence-corrected chi connectivity index (χ1v) is 7.48. The first-order valence-electron chi connectivity index (χ1n) is 7.48. The summed E-state index contributed by atoms with van der Waals surface area (Å²) in [5, 5.41) is 16.6. The number of aromatic amines is 1. The number of nitrogens with two attached hydrogens (primary N) is 1. The maximum Gasteiger partial charge on any atom is 0.244 e. The zero-order chi connectivity index (χ0) is 18.1. The van der Waals surface area contributed by atoms with Crippen LogP contribution in [0.25, 0.3) is 0 Å². The van der Waals surface area contributed by atoms with E-state index in [4.69, 9.17) is 24.7 Å². The fourth-order valence-electron chi connectivity index (χ4n) is 3.06. The summed E-state index contributed by atoms with van der Waals surface area (Å²) >= 11 is 0. The number of fused-ring (bicyclic) bond motifs is 1. The molecule has 25 heavy (non-hydrogen) atoms. The Morgan fingerprint density at radius 3 is 2.52 bits per heavy atom. The summed E-state index contributed by atoms with van der Waals surface area (Å²) in [4.78, 5) is 0. The molecule has 8 heteroatoms. The van der Waals surface area contributed by atoms with Gasteiger partial charge >= 0.3 is 0 Å². The van der Waals surface area contributed by atoms with Crippen molar-refractivity contribution in [2.45, 2.75) is 12.8 Å². The van der Waals surface area contributed by atoms with Crippen molar-refractivity contribution < 1.29 is 18.9 Å². The maximum atomic E-state index is 9.64. The van der Waals surface area contributed by atoms with Gasteiger partial charge in [0.05, 0.1) is 27.2 Å². The normalized spacial score (nSPS) is 15.9. The molecule has 0 fully saturated rings. The molecular weight excluding hydrogens is 324 g/mol. The van der Waals surface area contributed by atoms with Crippen LogP contribution in [-0.2, 0) is 0 Å². The number of rotatable bonds is 4. The van der Waals surface area contributed by atoms with Gasteiger partial charge in [-0.3, -0.25) is 5.10 Å². The standard InChI is InChI=1S/C17H18N4O4/c1-8-12-13(10(7-18)16(19)25-17(12)21-20-8)9-5-6-11(22-2)15(24-4)14(9)23-3/h5-6,13H,19H2,1-4H3,(H,20,21). The third kappa shape index (κ3) is 2.41. The van der Waals surface area contributed by atoms with E-state index >= 15 is 0 Å². The van der Waals surface area contributed by atoms with Crippen molar-refractivity contribution in [2.24, 2.45) is 5.73 Å². The van der Waals surface area contributed by atoms with Crippen molar-refractivity contribution in [3.05, 3.63) is 40.4 Å². The number of ether oxygens (including phenoxy) is 4. The fourth-order valence-corrected chi connectivity index (χ4v) is 3.06. The lowest BCUT2D eigenvalue weighted by atomic mass is 9.83. The highest BCUT2D eigenvalue weighted by atomic mass is 16.5. The summed E-state index contributed by atoms with van der Waals surface area (Å²) < 4.78 is 21.8. The zero-order valence-corrected chi connectivity index (χ0v) is 14.3. The van der Waals surface area contributed by atoms with E-state index in [9.17, 15) is 5.26 Å². The van der Waals surface area contributed by atoms with Crippen LogP contribution in [0.5, 0.6) is 23.1 Å². The lowest BCUT2D eigenvalue weighted by molar-refractivity contribution is 0.321. The van der Waals surface area contributed by atoms with Gasteiger partial charge in [0.2, 0.25) is 17.5 Å². The smallest absolute Gasteiger partial charge is 0.244 e. The van der Waals surface area contributed by atoms with E-state index in [1.165, 1.54) is 14.2 Å². The number of aromatic nitrogens is 2. The molecule has 0 spiro atoms. The van der Waals surface area contributed by atoms with Crippen LogP contribution in [0.2, 0.25) is 0 Å². The van der Waals surface area contributed by atoms with Crippen LogP contribution in [0.3, 0.4) is 0 Å². The number of nitrogens with one attached hydrogen (secondary N) is 1. The second-order valence-electron chi connectivity index (χ2n) is 5.42. The van der Waals surface area contributed by atoms with Gasteiger partial charge in [-0.2, -0.15) is 5.26 Å². The molecule has 3 rings (SSSR count). The Hall–Kier alpha value is -3.34. The van der Waals surface area contributed by atoms with Crippen LogP contribution >= 0.6 is 0 Å². The Labute approximate surface area is 144 Å². The van der Waals surface area contributed by atoms with Crippen molar-refractivity contribution in [2.75, 3.05) is 21.3 Å². The number of allylic oxidation sites excluding steroid dienone is 1. The van der Waals surface area contributed by atoms with Crippen LogP contribution in [0.1, 0.15) is 22.7 Å². The van der Waals surface area contributed by atoms with Gasteiger partial charge in [0, 0.05) is 16.8 Å². The van der Waals surface area contributed by atoms with E-state index < -0.39 is 5.92 Å². The number of methoxy groups -OCH3 is 3. The Morgan fingerprint density at radius 1 is 1.20 bits per heavy atom. The molecule has 8 nitrogen and oxygen atoms in total. The number of nitrogens with zero attached hydrogens (tertiary/aromatic N) is 2. The van der Waals surface area contributed by atoms with Crippen molar-refractivity contribution >= 4 is 0 Å². The van der Waals surface area contributed by atoms with Gasteiger partial charge in [-0.1, -0.05) is 6.07 Å². The van der Waals surface area contributed by atoms with Gasteiger partial charge in [0.25, 0.3) is 0 Å². The molecule has 1 aromatic carbocycles. The summed E-state index contributed by atoms with van der Waals surface area (Å²) in [6.45, 7) is 1.85. The van der Waals surface area contributed by atoms with Crippen LogP contribution < -0.4 is 24.7 Å². The van der Waals surface area contributed by atoms with Crippen molar-refractivity contribution in [3.63, 3.8) is 0 Å². The number of hydrogen-bond acceptors (Lipinski definition) is 7. The molecule has 130 valence electrons. The summed E-state index contributed by atoms with van der Waals surface area (Å²) in [5.41, 5.74) is 8.43. The average molecular weight is 342 g/mol. The number of hydrogen-bond donors (Lipinski definition) is 2. The molecule has 0 radical (unpaired) electrons. The van der Waals surface area contributed by atoms with Crippen LogP contribution in [-0.4, -0.2) is 31.5 Å². The Balaban J connectivity index is 2.31. The molecule has 0 aliphatic carbocycles. The summed E-state index contributed by atoms with van der Waals surface area (Å²) in [6.07, 6.45) is 0. The van der Waals surface area contributed by atoms with Crippen molar-refractivity contribution in [1.29, 1.82) is 5.26 Å². The van der Waals surface area contributed by atoms with Gasteiger partial charge in [0.15, 0.2) is 11.5 Å². The topological polar surface area (TPSA) is 115 Å². The second kappa shape index (κ2) is 6.28. The monoisotopic (exact) mass is 342 g/mol. The van der Waals surface area contributed by atoms with Gasteiger partial charge in [0.1, 0.15) is 11.6 Å². The first-order chi connectivity index (χ1) is 12.1. The SMILES string of the molecule is COc1ccc(C2C(C#N)=C(N)Oc3n[nH]c(C)c32)c(OC)c1OC. The Kier molecular flexibility index (Phi) is 4.15. The predicted octanol–water partition coefficient (Wildman–Crippen LogP) is 1.96. The zero-order valence-electron chi connectivity index (χ0n) is 14.3. The molecule has 1 aliphatic heterocycles. The summed E-state index contributed by atoms with van der Waals surface area (Å²) in [7, 11) is 4.60. The summed E-state index contributed by atoms with van der Waals surface area (Å²) in [6, 6.07) is 5.71. The lowest BCUT2D eigenvalue weighted by Crippen LogP contribution is -2.21. The van der Waals surface area contributed by atoms with Gasteiger partial charge < -0.3 is 24.7 Å². The van der Waals surface area contributed by atoms with Crippen LogP contribution in [0.4, 0.5) is 0 Å². The molecule has 1 unspecified atom stereocenters. The molecule has 0 amide bonds. The van der Waals surface area contributed by atoms with E-state index in [1.54, 1.807) is 13.2 Å². The number of H-pyrrole nitrogens is 1. The first kappa shape index (κ1) is 16.5. The van der Waals surface area contributed by atoms with E-state index in [1.807, 2.05) is 13.0 Å². The molecule has 1 atom stereocenters. The number of benzene rings is 1. The Morgan fingerprint density at radius 2 is 1.92 bits per heavy atom. The van der Waals surface area contributed by atoms with E-state index in [0.29, 0.717) is 28.7 Å². The van der Waals surface area contributed by atoms with Crippen LogP contribution in [0, 0.1) is 18.3 Å². The molecule has 0 saturated carbocycles. The quantitative estimate of drug-likeness (QED) is 0.872. The van der Waals surface area contributed by atoms with Crippen LogP contribution in [0.15, 0.2) is 23.6 Å². The largest absolute Gasteiger partial charge is 0.493 e. The lowest BCUT2D eigenvalue weighted by Gasteiger charge is -2.26. The van der Waals surface area contributed by atoms with Crippen molar-refractivity contribution in [3.8, 4) is 29.2 Å². The minimum Gasteiger partial charge on any atom is -0.493 e. The highest BCUT2D eigenvalue weighted by Crippen LogP contribution is 2.49. The van der Waals surface area contributed by atoms with Gasteiger partial charge in [-0.15, -0.1) is 5.10 Å².